The molecule has 1 heterocycles. The van der Waals surface area contributed by atoms with Gasteiger partial charge in [0.25, 0.3) is 5.91 Å². The number of carboxylic acid groups (broad SMARTS) is 1. The van der Waals surface area contributed by atoms with E-state index in [1.165, 1.54) is 11.8 Å². The summed E-state index contributed by atoms with van der Waals surface area (Å²) in [4.78, 5) is 25.9. The Morgan fingerprint density at radius 3 is 2.44 bits per heavy atom. The van der Waals surface area contributed by atoms with Crippen LogP contribution in [0.15, 0.2) is 54.6 Å². The molecule has 0 bridgehead atoms. The lowest BCUT2D eigenvalue weighted by Gasteiger charge is -2.32. The van der Waals surface area contributed by atoms with Crippen molar-refractivity contribution in [3.8, 4) is 0 Å². The van der Waals surface area contributed by atoms with Gasteiger partial charge in [-0.3, -0.25) is 4.79 Å². The van der Waals surface area contributed by atoms with E-state index in [0.29, 0.717) is 13.0 Å². The van der Waals surface area contributed by atoms with Crippen molar-refractivity contribution in [2.45, 2.75) is 38.6 Å². The molecule has 130 valence electrons. The lowest BCUT2D eigenvalue weighted by Crippen LogP contribution is -2.49. The summed E-state index contributed by atoms with van der Waals surface area (Å²) in [5, 5.41) is 9.40. The van der Waals surface area contributed by atoms with Crippen LogP contribution in [0.25, 0.3) is 0 Å². The van der Waals surface area contributed by atoms with Crippen LogP contribution >= 0.6 is 0 Å². The van der Waals surface area contributed by atoms with E-state index in [2.05, 4.69) is 0 Å². The summed E-state index contributed by atoms with van der Waals surface area (Å²) < 4.78 is 5.73. The van der Waals surface area contributed by atoms with Crippen LogP contribution in [0.2, 0.25) is 0 Å². The van der Waals surface area contributed by atoms with E-state index in [4.69, 9.17) is 4.74 Å². The average molecular weight is 339 g/mol. The Labute approximate surface area is 146 Å². The second-order valence-electron chi connectivity index (χ2n) is 6.24. The highest BCUT2D eigenvalue weighted by Gasteiger charge is 2.33. The number of fused-ring (bicyclic) bond motifs is 1. The number of carboxylic acids is 1. The fourth-order valence-corrected chi connectivity index (χ4v) is 3.01. The highest BCUT2D eigenvalue weighted by atomic mass is 16.5. The molecule has 2 aromatic carbocycles. The molecular weight excluding hydrogens is 318 g/mol. The van der Waals surface area contributed by atoms with Crippen molar-refractivity contribution < 1.29 is 19.4 Å². The first-order chi connectivity index (χ1) is 12.1. The molecule has 1 aliphatic rings. The van der Waals surface area contributed by atoms with Gasteiger partial charge in [-0.15, -0.1) is 0 Å². The molecule has 5 nitrogen and oxygen atoms in total. The summed E-state index contributed by atoms with van der Waals surface area (Å²) in [5.41, 5.74) is 3.04. The fraction of sp³-hybridized carbons (Fsp3) is 0.300. The third kappa shape index (κ3) is 3.88. The molecule has 0 fully saturated rings. The zero-order chi connectivity index (χ0) is 17.8. The molecule has 0 saturated heterocycles. The number of carbonyl (C=O) groups is 2. The second-order valence-corrected chi connectivity index (χ2v) is 6.24. The minimum absolute atomic E-state index is 0.245. The number of carbonyl (C=O) groups excluding carboxylic acids is 1. The number of hydrogen-bond acceptors (Lipinski definition) is 3. The van der Waals surface area contributed by atoms with Gasteiger partial charge in [0.05, 0.1) is 6.61 Å². The molecule has 1 N–H and O–H groups in total. The van der Waals surface area contributed by atoms with E-state index >= 15 is 0 Å². The Bertz CT molecular complexity index is 759. The van der Waals surface area contributed by atoms with Crippen molar-refractivity contribution in [3.05, 3.63) is 71.3 Å². The molecule has 2 unspecified atom stereocenters. The van der Waals surface area contributed by atoms with Crippen LogP contribution in [0, 0.1) is 0 Å². The van der Waals surface area contributed by atoms with Crippen molar-refractivity contribution in [2.75, 3.05) is 0 Å². The molecule has 2 atom stereocenters. The van der Waals surface area contributed by atoms with Gasteiger partial charge < -0.3 is 14.7 Å². The Morgan fingerprint density at radius 1 is 1.12 bits per heavy atom. The van der Waals surface area contributed by atoms with Gasteiger partial charge in [0.15, 0.2) is 0 Å². The first kappa shape index (κ1) is 17.2. The topological polar surface area (TPSA) is 66.8 Å². The highest BCUT2D eigenvalue weighted by molar-refractivity contribution is 5.86. The lowest BCUT2D eigenvalue weighted by molar-refractivity contribution is -0.157. The van der Waals surface area contributed by atoms with Crippen molar-refractivity contribution in [2.24, 2.45) is 0 Å². The average Bonchev–Trinajstić information content (AvgIpc) is 2.65. The van der Waals surface area contributed by atoms with Gasteiger partial charge in [-0.2, -0.15) is 0 Å². The van der Waals surface area contributed by atoms with Gasteiger partial charge >= 0.3 is 5.97 Å². The smallest absolute Gasteiger partial charge is 0.326 e. The van der Waals surface area contributed by atoms with Crippen molar-refractivity contribution in [1.29, 1.82) is 0 Å². The molecule has 0 spiro atoms. The fourth-order valence-electron chi connectivity index (χ4n) is 3.01. The number of hydrogen-bond donors (Lipinski definition) is 1. The lowest BCUT2D eigenvalue weighted by atomic mass is 9.98. The minimum atomic E-state index is -1.03. The quantitative estimate of drug-likeness (QED) is 0.909. The third-order valence-electron chi connectivity index (χ3n) is 4.54. The molecule has 0 radical (unpaired) electrons. The van der Waals surface area contributed by atoms with Crippen LogP contribution in [0.5, 0.6) is 0 Å². The summed E-state index contributed by atoms with van der Waals surface area (Å²) in [6.45, 7) is 2.14. The number of aliphatic carboxylic acids is 1. The first-order valence-electron chi connectivity index (χ1n) is 8.32. The predicted octanol–water partition coefficient (Wildman–Crippen LogP) is 2.63. The number of nitrogens with zero attached hydrogens (tertiary/aromatic N) is 1. The van der Waals surface area contributed by atoms with Gasteiger partial charge in [0.1, 0.15) is 12.1 Å². The molecule has 5 heteroatoms. The summed E-state index contributed by atoms with van der Waals surface area (Å²) in [7, 11) is 0. The summed E-state index contributed by atoms with van der Waals surface area (Å²) in [6, 6.07) is 16.3. The Hall–Kier alpha value is -2.66. The second kappa shape index (κ2) is 7.49. The predicted molar refractivity (Wildman–Crippen MR) is 92.8 cm³/mol. The number of rotatable bonds is 5. The van der Waals surface area contributed by atoms with Crippen LogP contribution < -0.4 is 0 Å². The van der Waals surface area contributed by atoms with E-state index in [-0.39, 0.29) is 12.5 Å². The van der Waals surface area contributed by atoms with Crippen molar-refractivity contribution >= 4 is 11.9 Å². The maximum Gasteiger partial charge on any atom is 0.326 e. The summed E-state index contributed by atoms with van der Waals surface area (Å²) in [5.74, 6) is -1.31. The van der Waals surface area contributed by atoms with Crippen LogP contribution in [0.4, 0.5) is 0 Å². The molecule has 0 saturated carbocycles. The van der Waals surface area contributed by atoms with E-state index in [0.717, 1.165) is 16.7 Å². The zero-order valence-corrected chi connectivity index (χ0v) is 14.1. The van der Waals surface area contributed by atoms with Gasteiger partial charge in [-0.1, -0.05) is 54.6 Å². The highest BCUT2D eigenvalue weighted by Crippen LogP contribution is 2.23. The first-order valence-corrected chi connectivity index (χ1v) is 8.32. The molecule has 0 aromatic heterocycles. The van der Waals surface area contributed by atoms with Gasteiger partial charge in [-0.25, -0.2) is 4.79 Å². The van der Waals surface area contributed by atoms with Gasteiger partial charge in [0.2, 0.25) is 0 Å². The minimum Gasteiger partial charge on any atom is -0.480 e. The molecular formula is C20H21NO4. The molecule has 0 aliphatic carbocycles. The van der Waals surface area contributed by atoms with Crippen LogP contribution in [-0.2, 0) is 33.9 Å². The normalized spacial score (nSPS) is 17.4. The van der Waals surface area contributed by atoms with E-state index in [9.17, 15) is 14.7 Å². The maximum absolute atomic E-state index is 13.0. The van der Waals surface area contributed by atoms with Crippen LogP contribution in [0.3, 0.4) is 0 Å². The summed E-state index contributed by atoms with van der Waals surface area (Å²) >= 11 is 0. The van der Waals surface area contributed by atoms with E-state index < -0.39 is 18.1 Å². The number of benzene rings is 2. The molecule has 2 aromatic rings. The van der Waals surface area contributed by atoms with Crippen LogP contribution in [-0.4, -0.2) is 34.0 Å². The van der Waals surface area contributed by atoms with E-state index in [1.54, 1.807) is 0 Å². The monoisotopic (exact) mass is 339 g/mol. The standard InChI is InChI=1S/C20H21NO4/c1-14(20(23)24)21(12-15-7-3-2-4-8-15)19(22)18-11-16-9-5-6-10-17(16)13-25-18/h2-10,14,18H,11-13H2,1H3,(H,23,24). The summed E-state index contributed by atoms with van der Waals surface area (Å²) in [6.07, 6.45) is -0.187. The molecule has 3 rings (SSSR count). The largest absolute Gasteiger partial charge is 0.480 e. The SMILES string of the molecule is CC(C(=O)O)N(Cc1ccccc1)C(=O)C1Cc2ccccc2CO1. The molecule has 1 amide bonds. The Kier molecular flexibility index (Phi) is 5.14. The maximum atomic E-state index is 13.0. The third-order valence-corrected chi connectivity index (χ3v) is 4.54. The number of ether oxygens (including phenoxy) is 1. The van der Waals surface area contributed by atoms with Crippen molar-refractivity contribution in [3.63, 3.8) is 0 Å². The number of amides is 1. The Balaban J connectivity index is 1.81. The van der Waals surface area contributed by atoms with Gasteiger partial charge in [0, 0.05) is 13.0 Å². The van der Waals surface area contributed by atoms with Gasteiger partial charge in [-0.05, 0) is 23.6 Å². The van der Waals surface area contributed by atoms with E-state index in [1.807, 2.05) is 54.6 Å². The molecule has 1 aliphatic heterocycles. The molecule has 25 heavy (non-hydrogen) atoms. The van der Waals surface area contributed by atoms with Crippen molar-refractivity contribution in [1.82, 2.24) is 4.90 Å². The Morgan fingerprint density at radius 2 is 1.76 bits per heavy atom. The zero-order valence-electron chi connectivity index (χ0n) is 14.1. The van der Waals surface area contributed by atoms with Crippen LogP contribution in [0.1, 0.15) is 23.6 Å².